The van der Waals surface area contributed by atoms with Crippen molar-refractivity contribution in [3.8, 4) is 0 Å². The standard InChI is InChI=1S/C11H10INO2/c12-8-3-1-4-9(7-8)13-10(14)5-2-6-11(13)15/h1,3-4,7H,2,5-6H2. The molecule has 0 unspecified atom stereocenters. The first-order valence-corrected chi connectivity index (χ1v) is 5.88. The molecule has 1 aromatic rings. The summed E-state index contributed by atoms with van der Waals surface area (Å²) in [6.07, 6.45) is 1.62. The molecular formula is C11H10INO2. The third-order valence-electron chi connectivity index (χ3n) is 2.35. The second-order valence-corrected chi connectivity index (χ2v) is 4.70. The van der Waals surface area contributed by atoms with E-state index in [4.69, 9.17) is 0 Å². The van der Waals surface area contributed by atoms with Gasteiger partial charge < -0.3 is 0 Å². The molecule has 1 fully saturated rings. The van der Waals surface area contributed by atoms with Crippen molar-refractivity contribution in [1.29, 1.82) is 0 Å². The van der Waals surface area contributed by atoms with Crippen molar-refractivity contribution in [2.75, 3.05) is 4.90 Å². The molecule has 4 heteroatoms. The van der Waals surface area contributed by atoms with Crippen LogP contribution < -0.4 is 4.90 Å². The van der Waals surface area contributed by atoms with Crippen molar-refractivity contribution in [1.82, 2.24) is 0 Å². The minimum Gasteiger partial charge on any atom is -0.274 e. The molecule has 78 valence electrons. The molecule has 1 saturated heterocycles. The zero-order valence-corrected chi connectivity index (χ0v) is 10.2. The summed E-state index contributed by atoms with van der Waals surface area (Å²) in [5.74, 6) is -0.179. The van der Waals surface area contributed by atoms with Gasteiger partial charge in [-0.2, -0.15) is 0 Å². The van der Waals surface area contributed by atoms with Crippen molar-refractivity contribution < 1.29 is 9.59 Å². The van der Waals surface area contributed by atoms with E-state index in [1.807, 2.05) is 18.2 Å². The van der Waals surface area contributed by atoms with Crippen LogP contribution in [-0.2, 0) is 9.59 Å². The van der Waals surface area contributed by atoms with E-state index in [1.54, 1.807) is 6.07 Å². The Kier molecular flexibility index (Phi) is 3.04. The number of hydrogen-bond donors (Lipinski definition) is 0. The lowest BCUT2D eigenvalue weighted by Crippen LogP contribution is -2.40. The fourth-order valence-corrected chi connectivity index (χ4v) is 2.18. The highest BCUT2D eigenvalue weighted by Gasteiger charge is 2.27. The number of carbonyl (C=O) groups excluding carboxylic acids is 2. The number of hydrogen-bond acceptors (Lipinski definition) is 2. The van der Waals surface area contributed by atoms with Gasteiger partial charge in [0.05, 0.1) is 5.69 Å². The maximum atomic E-state index is 11.6. The molecule has 0 spiro atoms. The van der Waals surface area contributed by atoms with Crippen molar-refractivity contribution in [2.45, 2.75) is 19.3 Å². The van der Waals surface area contributed by atoms with Crippen molar-refractivity contribution >= 4 is 40.1 Å². The summed E-state index contributed by atoms with van der Waals surface area (Å²) in [6.45, 7) is 0. The van der Waals surface area contributed by atoms with E-state index in [0.29, 0.717) is 24.9 Å². The molecule has 0 atom stereocenters. The number of anilines is 1. The first-order valence-electron chi connectivity index (χ1n) is 4.80. The number of nitrogens with zero attached hydrogens (tertiary/aromatic N) is 1. The molecule has 0 aliphatic carbocycles. The van der Waals surface area contributed by atoms with Crippen LogP contribution in [0.1, 0.15) is 19.3 Å². The minimum absolute atomic E-state index is 0.0896. The first-order chi connectivity index (χ1) is 7.18. The van der Waals surface area contributed by atoms with Crippen LogP contribution in [0.25, 0.3) is 0 Å². The Morgan fingerprint density at radius 1 is 1.13 bits per heavy atom. The predicted octanol–water partition coefficient (Wildman–Crippen LogP) is 2.33. The van der Waals surface area contributed by atoms with E-state index >= 15 is 0 Å². The van der Waals surface area contributed by atoms with Gasteiger partial charge in [0.15, 0.2) is 0 Å². The highest BCUT2D eigenvalue weighted by molar-refractivity contribution is 14.1. The summed E-state index contributed by atoms with van der Waals surface area (Å²) in [4.78, 5) is 24.5. The topological polar surface area (TPSA) is 37.4 Å². The Hall–Kier alpha value is -0.910. The third kappa shape index (κ3) is 2.19. The molecular weight excluding hydrogens is 305 g/mol. The lowest BCUT2D eigenvalue weighted by atomic mass is 10.1. The van der Waals surface area contributed by atoms with Gasteiger partial charge in [0.1, 0.15) is 0 Å². The van der Waals surface area contributed by atoms with Gasteiger partial charge in [-0.05, 0) is 47.2 Å². The van der Waals surface area contributed by atoms with E-state index in [-0.39, 0.29) is 11.8 Å². The summed E-state index contributed by atoms with van der Waals surface area (Å²) in [6, 6.07) is 7.43. The Bertz CT molecular complexity index is 401. The van der Waals surface area contributed by atoms with Crippen LogP contribution in [-0.4, -0.2) is 11.8 Å². The Morgan fingerprint density at radius 3 is 2.40 bits per heavy atom. The number of amides is 2. The average molecular weight is 315 g/mol. The average Bonchev–Trinajstić information content (AvgIpc) is 2.17. The fraction of sp³-hybridized carbons (Fsp3) is 0.273. The number of imide groups is 1. The van der Waals surface area contributed by atoms with Crippen molar-refractivity contribution in [2.24, 2.45) is 0 Å². The first kappa shape index (κ1) is 10.6. The van der Waals surface area contributed by atoms with Crippen LogP contribution in [0, 0.1) is 3.57 Å². The highest BCUT2D eigenvalue weighted by atomic mass is 127. The molecule has 0 saturated carbocycles. The number of benzene rings is 1. The second kappa shape index (κ2) is 4.30. The molecule has 1 heterocycles. The maximum Gasteiger partial charge on any atom is 0.233 e. The lowest BCUT2D eigenvalue weighted by Gasteiger charge is -2.24. The molecule has 15 heavy (non-hydrogen) atoms. The molecule has 0 bridgehead atoms. The van der Waals surface area contributed by atoms with Crippen LogP contribution in [0.15, 0.2) is 24.3 Å². The maximum absolute atomic E-state index is 11.6. The van der Waals surface area contributed by atoms with Gasteiger partial charge in [-0.25, -0.2) is 0 Å². The summed E-state index contributed by atoms with van der Waals surface area (Å²) < 4.78 is 1.02. The predicted molar refractivity (Wildman–Crippen MR) is 65.5 cm³/mol. The largest absolute Gasteiger partial charge is 0.274 e. The van der Waals surface area contributed by atoms with Crippen LogP contribution in [0.2, 0.25) is 0 Å². The molecule has 0 radical (unpaired) electrons. The van der Waals surface area contributed by atoms with Gasteiger partial charge in [0.25, 0.3) is 0 Å². The van der Waals surface area contributed by atoms with Crippen LogP contribution in [0.3, 0.4) is 0 Å². The summed E-state index contributed by atoms with van der Waals surface area (Å²) in [7, 11) is 0. The van der Waals surface area contributed by atoms with Gasteiger partial charge in [0, 0.05) is 16.4 Å². The van der Waals surface area contributed by atoms with Gasteiger partial charge in [-0.1, -0.05) is 6.07 Å². The zero-order chi connectivity index (χ0) is 10.8. The summed E-state index contributed by atoms with van der Waals surface area (Å²) in [5, 5.41) is 0. The molecule has 2 amide bonds. The van der Waals surface area contributed by atoms with Crippen molar-refractivity contribution in [3.05, 3.63) is 27.8 Å². The van der Waals surface area contributed by atoms with Crippen LogP contribution in [0.5, 0.6) is 0 Å². The van der Waals surface area contributed by atoms with Crippen LogP contribution in [0.4, 0.5) is 5.69 Å². The Morgan fingerprint density at radius 2 is 1.80 bits per heavy atom. The van der Waals surface area contributed by atoms with Gasteiger partial charge in [-0.3, -0.25) is 14.5 Å². The number of halogens is 1. The van der Waals surface area contributed by atoms with Crippen molar-refractivity contribution in [3.63, 3.8) is 0 Å². The van der Waals surface area contributed by atoms with E-state index in [0.717, 1.165) is 3.57 Å². The molecule has 3 nitrogen and oxygen atoms in total. The van der Waals surface area contributed by atoms with Gasteiger partial charge >= 0.3 is 0 Å². The van der Waals surface area contributed by atoms with Crippen LogP contribution >= 0.6 is 22.6 Å². The number of carbonyl (C=O) groups is 2. The normalized spacial score (nSPS) is 17.0. The zero-order valence-electron chi connectivity index (χ0n) is 8.07. The van der Waals surface area contributed by atoms with E-state index in [2.05, 4.69) is 22.6 Å². The third-order valence-corrected chi connectivity index (χ3v) is 3.02. The Labute approximate surface area is 102 Å². The highest BCUT2D eigenvalue weighted by Crippen LogP contribution is 2.23. The fourth-order valence-electron chi connectivity index (χ4n) is 1.66. The SMILES string of the molecule is O=C1CCCC(=O)N1c1cccc(I)c1. The molecule has 0 N–H and O–H groups in total. The quantitative estimate of drug-likeness (QED) is 0.589. The summed E-state index contributed by atoms with van der Waals surface area (Å²) >= 11 is 2.17. The smallest absolute Gasteiger partial charge is 0.233 e. The molecule has 0 aromatic heterocycles. The van der Waals surface area contributed by atoms with E-state index in [9.17, 15) is 9.59 Å². The van der Waals surface area contributed by atoms with E-state index in [1.165, 1.54) is 4.90 Å². The number of rotatable bonds is 1. The molecule has 1 aromatic carbocycles. The summed E-state index contributed by atoms with van der Waals surface area (Å²) in [5.41, 5.74) is 0.691. The second-order valence-electron chi connectivity index (χ2n) is 3.46. The Balaban J connectivity index is 2.35. The lowest BCUT2D eigenvalue weighted by molar-refractivity contribution is -0.129. The number of piperidine rings is 1. The molecule has 2 rings (SSSR count). The molecule has 1 aliphatic heterocycles. The van der Waals surface area contributed by atoms with Gasteiger partial charge in [-0.15, -0.1) is 0 Å². The minimum atomic E-state index is -0.0896. The molecule has 1 aliphatic rings. The van der Waals surface area contributed by atoms with Gasteiger partial charge in [0.2, 0.25) is 11.8 Å². The van der Waals surface area contributed by atoms with E-state index < -0.39 is 0 Å². The monoisotopic (exact) mass is 315 g/mol.